The Labute approximate surface area is 122 Å². The number of fused-ring (bicyclic) bond motifs is 1. The van der Waals surface area contributed by atoms with E-state index in [1.807, 2.05) is 48.5 Å². The summed E-state index contributed by atoms with van der Waals surface area (Å²) in [4.78, 5) is 13.2. The summed E-state index contributed by atoms with van der Waals surface area (Å²) in [6.45, 7) is 0. The van der Waals surface area contributed by atoms with Crippen LogP contribution in [-0.2, 0) is 0 Å². The van der Waals surface area contributed by atoms with Gasteiger partial charge in [0.2, 0.25) is 0 Å². The summed E-state index contributed by atoms with van der Waals surface area (Å²) in [6.07, 6.45) is 0. The molecule has 1 aliphatic rings. The fraction of sp³-hybridized carbons (Fsp3) is 0.125. The minimum Gasteiger partial charge on any atom is -0.497 e. The molecule has 0 amide bonds. The highest BCUT2D eigenvalue weighted by molar-refractivity contribution is 7.80. The van der Waals surface area contributed by atoms with Crippen molar-refractivity contribution in [3.05, 3.63) is 59.7 Å². The van der Waals surface area contributed by atoms with Gasteiger partial charge in [-0.1, -0.05) is 36.5 Å². The monoisotopic (exact) mass is 283 g/mol. The van der Waals surface area contributed by atoms with Gasteiger partial charge in [-0.15, -0.1) is 0 Å². The Hall–Kier alpha value is -2.20. The standard InChI is InChI=1S/C16H13NO2S/c1-19-11-8-6-10(7-9-11)14-15(18)12-4-2-3-5-13(12)17-16(14)20/h2-9,14H,1H3,(H,17,20). The van der Waals surface area contributed by atoms with Crippen molar-refractivity contribution in [2.24, 2.45) is 0 Å². The van der Waals surface area contributed by atoms with Crippen molar-refractivity contribution in [3.63, 3.8) is 0 Å². The van der Waals surface area contributed by atoms with Gasteiger partial charge in [0, 0.05) is 11.3 Å². The van der Waals surface area contributed by atoms with E-state index in [0.717, 1.165) is 17.0 Å². The van der Waals surface area contributed by atoms with Crippen LogP contribution in [0.1, 0.15) is 21.8 Å². The number of anilines is 1. The van der Waals surface area contributed by atoms with E-state index >= 15 is 0 Å². The van der Waals surface area contributed by atoms with Gasteiger partial charge >= 0.3 is 0 Å². The number of benzene rings is 2. The molecule has 1 N–H and O–H groups in total. The van der Waals surface area contributed by atoms with Gasteiger partial charge < -0.3 is 10.1 Å². The van der Waals surface area contributed by atoms with E-state index in [-0.39, 0.29) is 5.78 Å². The van der Waals surface area contributed by atoms with Crippen LogP contribution in [0.15, 0.2) is 48.5 Å². The number of hydrogen-bond acceptors (Lipinski definition) is 3. The lowest BCUT2D eigenvalue weighted by molar-refractivity contribution is 0.0982. The number of carbonyl (C=O) groups excluding carboxylic acids is 1. The average molecular weight is 283 g/mol. The number of hydrogen-bond donors (Lipinski definition) is 1. The molecule has 0 radical (unpaired) electrons. The summed E-state index contributed by atoms with van der Waals surface area (Å²) in [5.41, 5.74) is 2.34. The predicted octanol–water partition coefficient (Wildman–Crippen LogP) is 3.41. The first-order valence-corrected chi connectivity index (χ1v) is 6.69. The molecule has 4 heteroatoms. The first-order valence-electron chi connectivity index (χ1n) is 6.29. The van der Waals surface area contributed by atoms with Crippen molar-refractivity contribution in [2.75, 3.05) is 12.4 Å². The van der Waals surface area contributed by atoms with Crippen LogP contribution in [0.5, 0.6) is 5.75 Å². The number of Topliss-reactive ketones (excluding diaryl/α,β-unsaturated/α-hetero) is 1. The normalized spacial score (nSPS) is 17.4. The van der Waals surface area contributed by atoms with Gasteiger partial charge in [0.15, 0.2) is 5.78 Å². The number of methoxy groups -OCH3 is 1. The third kappa shape index (κ3) is 2.08. The molecule has 0 bridgehead atoms. The summed E-state index contributed by atoms with van der Waals surface area (Å²) in [5, 5.41) is 3.15. The topological polar surface area (TPSA) is 38.3 Å². The largest absolute Gasteiger partial charge is 0.497 e. The van der Waals surface area contributed by atoms with Crippen LogP contribution in [0, 0.1) is 0 Å². The first-order chi connectivity index (χ1) is 9.70. The molecular formula is C16H13NO2S. The third-order valence-electron chi connectivity index (χ3n) is 3.42. The number of rotatable bonds is 2. The quantitative estimate of drug-likeness (QED) is 0.857. The molecule has 1 heterocycles. The van der Waals surface area contributed by atoms with Gasteiger partial charge in [0.05, 0.1) is 18.0 Å². The fourth-order valence-electron chi connectivity index (χ4n) is 2.39. The van der Waals surface area contributed by atoms with Crippen LogP contribution in [0.3, 0.4) is 0 Å². The van der Waals surface area contributed by atoms with Crippen LogP contribution in [0.4, 0.5) is 5.69 Å². The van der Waals surface area contributed by atoms with Gasteiger partial charge in [-0.2, -0.15) is 0 Å². The lowest BCUT2D eigenvalue weighted by Gasteiger charge is -2.26. The SMILES string of the molecule is COc1ccc(C2C(=O)c3ccccc3NC2=S)cc1. The molecular weight excluding hydrogens is 270 g/mol. The molecule has 2 aromatic rings. The molecule has 3 rings (SSSR count). The molecule has 1 aliphatic heterocycles. The molecule has 1 atom stereocenters. The maximum absolute atomic E-state index is 12.6. The zero-order chi connectivity index (χ0) is 14.1. The minimum absolute atomic E-state index is 0.0366. The lowest BCUT2D eigenvalue weighted by Crippen LogP contribution is -2.32. The molecule has 3 nitrogen and oxygen atoms in total. The van der Waals surface area contributed by atoms with Crippen LogP contribution < -0.4 is 10.1 Å². The lowest BCUT2D eigenvalue weighted by atomic mass is 9.87. The Kier molecular flexibility index (Phi) is 3.24. The number of thiocarbonyl (C=S) groups is 1. The Bertz CT molecular complexity index is 679. The van der Waals surface area contributed by atoms with Crippen molar-refractivity contribution in [1.82, 2.24) is 0 Å². The second kappa shape index (κ2) is 5.06. The van der Waals surface area contributed by atoms with Gasteiger partial charge in [-0.25, -0.2) is 0 Å². The van der Waals surface area contributed by atoms with Crippen molar-refractivity contribution < 1.29 is 9.53 Å². The van der Waals surface area contributed by atoms with E-state index < -0.39 is 5.92 Å². The summed E-state index contributed by atoms with van der Waals surface area (Å²) >= 11 is 5.36. The summed E-state index contributed by atoms with van der Waals surface area (Å²) in [5.74, 6) is 0.372. The van der Waals surface area contributed by atoms with Crippen LogP contribution in [0.25, 0.3) is 0 Å². The Morgan fingerprint density at radius 3 is 2.50 bits per heavy atom. The highest BCUT2D eigenvalue weighted by atomic mass is 32.1. The maximum Gasteiger partial charge on any atom is 0.179 e. The molecule has 0 aromatic heterocycles. The molecule has 0 saturated carbocycles. The molecule has 0 saturated heterocycles. The van der Waals surface area contributed by atoms with Crippen molar-refractivity contribution in [3.8, 4) is 5.75 Å². The average Bonchev–Trinajstić information content (AvgIpc) is 2.48. The first kappa shape index (κ1) is 12.8. The van der Waals surface area contributed by atoms with E-state index in [2.05, 4.69) is 5.32 Å². The number of ketones is 1. The third-order valence-corrected chi connectivity index (χ3v) is 3.76. The van der Waals surface area contributed by atoms with Crippen LogP contribution >= 0.6 is 12.2 Å². The molecule has 0 aliphatic carbocycles. The molecule has 20 heavy (non-hydrogen) atoms. The number of carbonyl (C=O) groups is 1. The zero-order valence-corrected chi connectivity index (χ0v) is 11.7. The van der Waals surface area contributed by atoms with Crippen LogP contribution in [-0.4, -0.2) is 17.9 Å². The number of nitrogens with one attached hydrogen (secondary N) is 1. The van der Waals surface area contributed by atoms with Crippen LogP contribution in [0.2, 0.25) is 0 Å². The van der Waals surface area contributed by atoms with E-state index in [0.29, 0.717) is 10.6 Å². The van der Waals surface area contributed by atoms with Crippen molar-refractivity contribution in [2.45, 2.75) is 5.92 Å². The number of ether oxygens (including phenoxy) is 1. The molecule has 100 valence electrons. The van der Waals surface area contributed by atoms with E-state index in [9.17, 15) is 4.79 Å². The Morgan fingerprint density at radius 1 is 1.10 bits per heavy atom. The minimum atomic E-state index is -0.425. The van der Waals surface area contributed by atoms with E-state index in [1.165, 1.54) is 0 Å². The molecule has 0 spiro atoms. The smallest absolute Gasteiger partial charge is 0.179 e. The fourth-order valence-corrected chi connectivity index (χ4v) is 2.74. The second-order valence-corrected chi connectivity index (χ2v) is 5.05. The number of para-hydroxylation sites is 1. The van der Waals surface area contributed by atoms with Gasteiger partial charge in [-0.3, -0.25) is 4.79 Å². The Balaban J connectivity index is 2.01. The molecule has 2 aromatic carbocycles. The van der Waals surface area contributed by atoms with Crippen molar-refractivity contribution >= 4 is 28.7 Å². The van der Waals surface area contributed by atoms with E-state index in [4.69, 9.17) is 17.0 Å². The van der Waals surface area contributed by atoms with Gasteiger partial charge in [0.1, 0.15) is 5.75 Å². The summed E-state index contributed by atoms with van der Waals surface area (Å²) in [6, 6.07) is 14.9. The highest BCUT2D eigenvalue weighted by Crippen LogP contribution is 2.32. The summed E-state index contributed by atoms with van der Waals surface area (Å²) in [7, 11) is 1.61. The van der Waals surface area contributed by atoms with Crippen molar-refractivity contribution in [1.29, 1.82) is 0 Å². The Morgan fingerprint density at radius 2 is 1.80 bits per heavy atom. The summed E-state index contributed by atoms with van der Waals surface area (Å²) < 4.78 is 5.13. The van der Waals surface area contributed by atoms with Gasteiger partial charge in [0.25, 0.3) is 0 Å². The maximum atomic E-state index is 12.6. The predicted molar refractivity (Wildman–Crippen MR) is 82.7 cm³/mol. The van der Waals surface area contributed by atoms with Gasteiger partial charge in [-0.05, 0) is 29.8 Å². The highest BCUT2D eigenvalue weighted by Gasteiger charge is 2.32. The zero-order valence-electron chi connectivity index (χ0n) is 10.9. The molecule has 1 unspecified atom stereocenters. The second-order valence-electron chi connectivity index (χ2n) is 4.61. The van der Waals surface area contributed by atoms with E-state index in [1.54, 1.807) is 7.11 Å². The molecule has 0 fully saturated rings.